The second kappa shape index (κ2) is 8.13. The second-order valence-electron chi connectivity index (χ2n) is 1.96. The van der Waals surface area contributed by atoms with E-state index >= 15 is 0 Å². The fourth-order valence-corrected chi connectivity index (χ4v) is 3.21. The van der Waals surface area contributed by atoms with Gasteiger partial charge in [-0.25, -0.2) is 0 Å². The number of terminal acetylenes is 3. The molecule has 0 nitrogen and oxygen atoms in total. The van der Waals surface area contributed by atoms with Gasteiger partial charge in [0.25, 0.3) is 0 Å². The van der Waals surface area contributed by atoms with E-state index in [1.807, 2.05) is 0 Å². The van der Waals surface area contributed by atoms with Crippen molar-refractivity contribution in [3.8, 4) is 36.5 Å². The largest absolute Gasteiger partial charge is 0.344 e. The van der Waals surface area contributed by atoms with Crippen LogP contribution >= 0.6 is 15.8 Å². The van der Waals surface area contributed by atoms with E-state index in [1.165, 1.54) is 0 Å². The Hall–Kier alpha value is 0.514. The fraction of sp³-hybridized carbons (Fsp3) is 0.222. The molecule has 3 heteroatoms. The van der Waals surface area contributed by atoms with Gasteiger partial charge in [0.15, 0.2) is 0 Å². The van der Waals surface area contributed by atoms with Crippen LogP contribution in [0.25, 0.3) is 0 Å². The van der Waals surface area contributed by atoms with Gasteiger partial charge in [-0.1, -0.05) is 30.1 Å². The van der Waals surface area contributed by atoms with E-state index in [9.17, 15) is 0 Å². The Morgan fingerprint density at radius 2 is 1.50 bits per heavy atom. The maximum atomic E-state index is 5.28. The zero-order chi connectivity index (χ0) is 8.85. The zero-order valence-electron chi connectivity index (χ0n) is 7.20. The van der Waals surface area contributed by atoms with Gasteiger partial charge < -0.3 is 6.42 Å². The quantitative estimate of drug-likeness (QED) is 0.410. The molecule has 0 rings (SSSR count). The molecule has 0 atom stereocenters. The third-order valence-electron chi connectivity index (χ3n) is 1.02. The van der Waals surface area contributed by atoms with Gasteiger partial charge >= 0.3 is 0 Å². The molecule has 0 aliphatic carbocycles. The topological polar surface area (TPSA) is 0 Å². The van der Waals surface area contributed by atoms with E-state index in [-0.39, 0.29) is 40.6 Å². The first-order valence-electron chi connectivity index (χ1n) is 2.90. The molecule has 0 aromatic carbocycles. The Labute approximate surface area is 103 Å². The van der Waals surface area contributed by atoms with E-state index in [1.54, 1.807) is 0 Å². The van der Waals surface area contributed by atoms with Gasteiger partial charge in [-0.3, -0.25) is 5.92 Å². The molecule has 59 valence electrons. The van der Waals surface area contributed by atoms with Gasteiger partial charge in [0, 0.05) is 40.6 Å². The monoisotopic (exact) mass is 268 g/mol. The van der Waals surface area contributed by atoms with Gasteiger partial charge in [-0.05, 0) is 0 Å². The molecular formula is C9H9P2Y-. The summed E-state index contributed by atoms with van der Waals surface area (Å²) in [5, 5.41) is 0.944. The molecule has 12 heavy (non-hydrogen) atoms. The Morgan fingerprint density at radius 1 is 1.08 bits per heavy atom. The van der Waals surface area contributed by atoms with Crippen LogP contribution in [0.15, 0.2) is 0 Å². The minimum atomic E-state index is -0.894. The molecular weight excluding hydrogens is 259 g/mol. The molecule has 0 amide bonds. The van der Waals surface area contributed by atoms with Crippen LogP contribution in [0.4, 0.5) is 0 Å². The van der Waals surface area contributed by atoms with Crippen molar-refractivity contribution in [3.05, 3.63) is 5.40 Å². The molecule has 0 saturated carbocycles. The van der Waals surface area contributed by atoms with Crippen LogP contribution < -0.4 is 0 Å². The third-order valence-corrected chi connectivity index (χ3v) is 4.87. The van der Waals surface area contributed by atoms with Crippen LogP contribution in [-0.2, 0) is 32.7 Å². The van der Waals surface area contributed by atoms with Crippen LogP contribution in [0.3, 0.4) is 0 Å². The molecule has 0 aromatic rings. The maximum Gasteiger partial charge on any atom is 0.00447 e. The third kappa shape index (κ3) is 4.52. The van der Waals surface area contributed by atoms with Crippen molar-refractivity contribution in [1.82, 2.24) is 0 Å². The second-order valence-corrected chi connectivity index (χ2v) is 6.18. The molecule has 0 heterocycles. The molecule has 0 spiro atoms. The Kier molecular flexibility index (Phi) is 10.2. The summed E-state index contributed by atoms with van der Waals surface area (Å²) in [5.74, 6) is 2.59. The molecule has 0 aromatic heterocycles. The van der Waals surface area contributed by atoms with Gasteiger partial charge in [-0.15, -0.1) is 12.8 Å². The predicted molar refractivity (Wildman–Crippen MR) is 55.4 cm³/mol. The molecule has 0 fully saturated rings. The number of hydrogen-bond acceptors (Lipinski definition) is 0. The van der Waals surface area contributed by atoms with Crippen molar-refractivity contribution in [2.24, 2.45) is 0 Å². The van der Waals surface area contributed by atoms with Crippen LogP contribution in [0, 0.1) is 41.9 Å². The molecule has 0 N–H and O–H groups in total. The van der Waals surface area contributed by atoms with E-state index in [2.05, 4.69) is 30.6 Å². The van der Waals surface area contributed by atoms with Crippen LogP contribution in [0.1, 0.15) is 0 Å². The normalized spacial score (nSPS) is 7.75. The molecule has 0 saturated heterocycles. The van der Waals surface area contributed by atoms with E-state index in [0.29, 0.717) is 0 Å². The fourth-order valence-electron chi connectivity index (χ4n) is 0.553. The smallest absolute Gasteiger partial charge is 0.00447 e. The van der Waals surface area contributed by atoms with Gasteiger partial charge in [0.2, 0.25) is 0 Å². The van der Waals surface area contributed by atoms with Gasteiger partial charge in [-0.2, -0.15) is 7.92 Å². The first-order valence-corrected chi connectivity index (χ1v) is 6.48. The van der Waals surface area contributed by atoms with E-state index in [4.69, 9.17) is 19.3 Å². The SMILES string of the molecule is C#C[C-](P(C)C)P(C#C)C#C.[Y]. The Balaban J connectivity index is 0. The first kappa shape index (κ1) is 15.0. The zero-order valence-corrected chi connectivity index (χ0v) is 11.8. The summed E-state index contributed by atoms with van der Waals surface area (Å²) >= 11 is 0. The van der Waals surface area contributed by atoms with Crippen molar-refractivity contribution in [2.45, 2.75) is 0 Å². The van der Waals surface area contributed by atoms with Gasteiger partial charge in [0.1, 0.15) is 0 Å². The summed E-state index contributed by atoms with van der Waals surface area (Å²) < 4.78 is 0. The summed E-state index contributed by atoms with van der Waals surface area (Å²) in [6, 6.07) is 0. The van der Waals surface area contributed by atoms with Crippen LogP contribution in [-0.4, -0.2) is 13.3 Å². The van der Waals surface area contributed by atoms with Crippen molar-refractivity contribution < 1.29 is 32.7 Å². The average Bonchev–Trinajstić information content (AvgIpc) is 1.99. The summed E-state index contributed by atoms with van der Waals surface area (Å²) in [6.07, 6.45) is 15.7. The summed E-state index contributed by atoms with van der Waals surface area (Å²) in [4.78, 5) is 0. The minimum Gasteiger partial charge on any atom is -0.344 e. The number of rotatable bonds is 2. The standard InChI is InChI=1S/C9H9P2.Y/c1-6-9(10(4)5)11(7-2)8-3;/h1-3H,4-5H3;/q-1;. The Bertz CT molecular complexity index is 225. The predicted octanol–water partition coefficient (Wildman–Crippen LogP) is 2.51. The Morgan fingerprint density at radius 3 is 1.58 bits per heavy atom. The van der Waals surface area contributed by atoms with Crippen molar-refractivity contribution in [2.75, 3.05) is 13.3 Å². The number of hydrogen-bond donors (Lipinski definition) is 0. The first-order chi connectivity index (χ1) is 5.17. The maximum absolute atomic E-state index is 5.28. The van der Waals surface area contributed by atoms with Crippen molar-refractivity contribution in [1.29, 1.82) is 0 Å². The minimum absolute atomic E-state index is 0. The van der Waals surface area contributed by atoms with Gasteiger partial charge in [0.05, 0.1) is 0 Å². The summed E-state index contributed by atoms with van der Waals surface area (Å²) in [6.45, 7) is 4.13. The molecule has 0 unspecified atom stereocenters. The molecule has 0 aliphatic rings. The van der Waals surface area contributed by atoms with E-state index in [0.717, 1.165) is 5.40 Å². The summed E-state index contributed by atoms with van der Waals surface area (Å²) in [7, 11) is -1.18. The summed E-state index contributed by atoms with van der Waals surface area (Å²) in [5.41, 5.74) is 5.10. The van der Waals surface area contributed by atoms with Crippen molar-refractivity contribution in [3.63, 3.8) is 0 Å². The molecule has 0 aliphatic heterocycles. The van der Waals surface area contributed by atoms with Crippen LogP contribution in [0.5, 0.6) is 0 Å². The average molecular weight is 268 g/mol. The molecule has 1 radical (unpaired) electrons. The van der Waals surface area contributed by atoms with Crippen molar-refractivity contribution >= 4 is 15.8 Å². The van der Waals surface area contributed by atoms with Crippen LogP contribution in [0.2, 0.25) is 0 Å². The molecule has 0 bridgehead atoms. The van der Waals surface area contributed by atoms with E-state index < -0.39 is 7.92 Å².